The van der Waals surface area contributed by atoms with Gasteiger partial charge in [-0.1, -0.05) is 65.9 Å². The summed E-state index contributed by atoms with van der Waals surface area (Å²) in [4.78, 5) is 39.9. The summed E-state index contributed by atoms with van der Waals surface area (Å²) in [5.41, 5.74) is 2.06. The quantitative estimate of drug-likeness (QED) is 0.376. The maximum Gasteiger partial charge on any atom is 0.350 e. The molecule has 2 heterocycles. The number of hydroxylamine groups is 2. The molecule has 2 aromatic rings. The molecule has 0 radical (unpaired) electrons. The molecule has 3 fully saturated rings. The van der Waals surface area contributed by atoms with Gasteiger partial charge in [-0.3, -0.25) is 4.84 Å². The summed E-state index contributed by atoms with van der Waals surface area (Å²) in [6.07, 6.45) is 1.66. The first-order chi connectivity index (χ1) is 17.1. The zero-order chi connectivity index (χ0) is 24.4. The molecule has 2 aliphatic heterocycles. The Bertz CT molecular complexity index is 993. The van der Waals surface area contributed by atoms with Crippen LogP contribution in [-0.4, -0.2) is 54.1 Å². The van der Waals surface area contributed by atoms with Crippen LogP contribution in [0, 0.1) is 5.92 Å². The zero-order valence-corrected chi connectivity index (χ0v) is 19.4. The van der Waals surface area contributed by atoms with E-state index in [2.05, 4.69) is 29.2 Å². The summed E-state index contributed by atoms with van der Waals surface area (Å²) in [5, 5.41) is 10.1. The molecular weight excluding hydrogens is 454 g/mol. The molecule has 1 aliphatic carbocycles. The highest BCUT2D eigenvalue weighted by atomic mass is 17.1. The molecule has 2 saturated heterocycles. The van der Waals surface area contributed by atoms with Crippen molar-refractivity contribution in [1.29, 1.82) is 0 Å². The minimum atomic E-state index is -1.28. The Hall–Kier alpha value is -2.82. The Balaban J connectivity index is 1.38. The number of nitrogens with zero attached hydrogens (tertiary/aromatic N) is 1. The van der Waals surface area contributed by atoms with E-state index >= 15 is 0 Å². The van der Waals surface area contributed by atoms with Crippen molar-refractivity contribution in [1.82, 2.24) is 5.23 Å². The van der Waals surface area contributed by atoms with Gasteiger partial charge in [-0.05, 0) is 36.8 Å². The van der Waals surface area contributed by atoms with Crippen molar-refractivity contribution in [2.75, 3.05) is 7.11 Å². The molecule has 1 N–H and O–H groups in total. The van der Waals surface area contributed by atoms with E-state index in [1.54, 1.807) is 0 Å². The molecular formula is C26H29NO8. The van der Waals surface area contributed by atoms with Gasteiger partial charge in [-0.2, -0.15) is 5.26 Å². The molecule has 0 unspecified atom stereocenters. The Labute approximate surface area is 203 Å². The number of carbonyl (C=O) groups is 2. The molecule has 0 aromatic heterocycles. The minimum absolute atomic E-state index is 0.147. The van der Waals surface area contributed by atoms with Crippen LogP contribution in [0.5, 0.6) is 0 Å². The highest BCUT2D eigenvalue weighted by Gasteiger charge is 2.56. The molecule has 186 valence electrons. The maximum absolute atomic E-state index is 12.2. The van der Waals surface area contributed by atoms with E-state index in [0.717, 1.165) is 24.5 Å². The molecule has 5 rings (SSSR count). The number of carbonyl (C=O) groups excluding carboxylic acids is 2. The van der Waals surface area contributed by atoms with Crippen LogP contribution >= 0.6 is 0 Å². The number of esters is 1. The van der Waals surface area contributed by atoms with E-state index in [1.165, 1.54) is 18.2 Å². The summed E-state index contributed by atoms with van der Waals surface area (Å²) in [5.74, 6) is -2.80. The van der Waals surface area contributed by atoms with Crippen molar-refractivity contribution in [2.45, 2.75) is 62.1 Å². The van der Waals surface area contributed by atoms with Gasteiger partial charge in [0.05, 0.1) is 19.3 Å². The van der Waals surface area contributed by atoms with Crippen molar-refractivity contribution >= 4 is 11.9 Å². The van der Waals surface area contributed by atoms with Crippen LogP contribution in [0.2, 0.25) is 0 Å². The van der Waals surface area contributed by atoms with Gasteiger partial charge in [0.2, 0.25) is 0 Å². The second-order valence-corrected chi connectivity index (χ2v) is 9.17. The summed E-state index contributed by atoms with van der Waals surface area (Å²) in [6.45, 7) is 0. The number of benzene rings is 2. The SMILES string of the molecule is COC(=O)[C@@H]1ON2O[C@@H](O[C@H]3CCCC3(c3ccccc3)c3ccccc3)CC[C@@H]2[C@H]1C(=O)OO. The van der Waals surface area contributed by atoms with Gasteiger partial charge in [-0.25, -0.2) is 14.4 Å². The van der Waals surface area contributed by atoms with Gasteiger partial charge in [-0.15, -0.1) is 0 Å². The predicted molar refractivity (Wildman–Crippen MR) is 121 cm³/mol. The molecule has 9 nitrogen and oxygen atoms in total. The monoisotopic (exact) mass is 483 g/mol. The lowest BCUT2D eigenvalue weighted by Gasteiger charge is -2.40. The average molecular weight is 484 g/mol. The van der Waals surface area contributed by atoms with Crippen molar-refractivity contribution in [2.24, 2.45) is 5.92 Å². The summed E-state index contributed by atoms with van der Waals surface area (Å²) < 4.78 is 11.4. The Morgan fingerprint density at radius 1 is 0.943 bits per heavy atom. The lowest BCUT2D eigenvalue weighted by molar-refractivity contribution is -0.438. The van der Waals surface area contributed by atoms with Crippen LogP contribution in [0.1, 0.15) is 43.2 Å². The number of methoxy groups -OCH3 is 1. The molecule has 3 aliphatic rings. The highest BCUT2D eigenvalue weighted by Crippen LogP contribution is 2.49. The summed E-state index contributed by atoms with van der Waals surface area (Å²) >= 11 is 0. The first-order valence-corrected chi connectivity index (χ1v) is 11.9. The van der Waals surface area contributed by atoms with Crippen LogP contribution < -0.4 is 0 Å². The van der Waals surface area contributed by atoms with Crippen LogP contribution in [0.25, 0.3) is 0 Å². The number of hydrogen-bond donors (Lipinski definition) is 1. The van der Waals surface area contributed by atoms with E-state index in [4.69, 9.17) is 24.4 Å². The maximum atomic E-state index is 12.2. The van der Waals surface area contributed by atoms with Gasteiger partial charge >= 0.3 is 11.9 Å². The third-order valence-corrected chi connectivity index (χ3v) is 7.43. The zero-order valence-electron chi connectivity index (χ0n) is 19.4. The van der Waals surface area contributed by atoms with Crippen molar-refractivity contribution in [3.63, 3.8) is 0 Å². The summed E-state index contributed by atoms with van der Waals surface area (Å²) in [7, 11) is 1.20. The average Bonchev–Trinajstić information content (AvgIpc) is 3.51. The molecule has 9 heteroatoms. The van der Waals surface area contributed by atoms with Crippen LogP contribution in [0.4, 0.5) is 0 Å². The Kier molecular flexibility index (Phi) is 6.86. The topological polar surface area (TPSA) is 104 Å². The molecule has 0 bridgehead atoms. The van der Waals surface area contributed by atoms with Crippen LogP contribution in [0.15, 0.2) is 60.7 Å². The number of hydrogen-bond acceptors (Lipinski definition) is 9. The number of fused-ring (bicyclic) bond motifs is 1. The molecule has 0 spiro atoms. The molecule has 5 atom stereocenters. The fourth-order valence-corrected chi connectivity index (χ4v) is 5.83. The van der Waals surface area contributed by atoms with E-state index < -0.39 is 36.3 Å². The van der Waals surface area contributed by atoms with Gasteiger partial charge in [0.25, 0.3) is 0 Å². The second-order valence-electron chi connectivity index (χ2n) is 9.17. The molecule has 0 amide bonds. The van der Waals surface area contributed by atoms with Gasteiger partial charge in [0.15, 0.2) is 12.4 Å². The number of rotatable bonds is 6. The lowest BCUT2D eigenvalue weighted by atomic mass is 9.71. The minimum Gasteiger partial charge on any atom is -0.467 e. The van der Waals surface area contributed by atoms with Crippen molar-refractivity contribution < 1.29 is 38.9 Å². The molecule has 35 heavy (non-hydrogen) atoms. The predicted octanol–water partition coefficient (Wildman–Crippen LogP) is 3.38. The third-order valence-electron chi connectivity index (χ3n) is 7.43. The first-order valence-electron chi connectivity index (χ1n) is 11.9. The lowest BCUT2D eigenvalue weighted by Crippen LogP contribution is -2.47. The van der Waals surface area contributed by atoms with E-state index in [0.29, 0.717) is 12.8 Å². The Morgan fingerprint density at radius 2 is 1.60 bits per heavy atom. The molecule has 2 aromatic carbocycles. The fraction of sp³-hybridized carbons (Fsp3) is 0.462. The summed E-state index contributed by atoms with van der Waals surface area (Å²) in [6, 6.07) is 20.1. The largest absolute Gasteiger partial charge is 0.467 e. The fourth-order valence-electron chi connectivity index (χ4n) is 5.83. The van der Waals surface area contributed by atoms with Crippen LogP contribution in [-0.2, 0) is 39.0 Å². The van der Waals surface area contributed by atoms with Gasteiger partial charge in [0, 0.05) is 11.8 Å². The van der Waals surface area contributed by atoms with Gasteiger partial charge < -0.3 is 14.4 Å². The normalized spacial score (nSPS) is 29.9. The Morgan fingerprint density at radius 3 is 2.20 bits per heavy atom. The van der Waals surface area contributed by atoms with E-state index in [1.807, 2.05) is 36.4 Å². The third kappa shape index (κ3) is 4.23. The molecule has 1 saturated carbocycles. The van der Waals surface area contributed by atoms with Gasteiger partial charge in [0.1, 0.15) is 5.92 Å². The standard InChI is InChI=1S/C26H29NO8/c1-31-25(29)23-22(24(28)35-30)19-14-15-21(33-27(19)34-23)32-20-13-8-16-26(20,17-9-4-2-5-10-17)18-11-6-3-7-12-18/h2-7,9-12,19-23,30H,8,13-16H2,1H3/t19-,20+,21-,22-,23-/m1/s1. The second kappa shape index (κ2) is 10.0. The van der Waals surface area contributed by atoms with E-state index in [9.17, 15) is 9.59 Å². The van der Waals surface area contributed by atoms with E-state index in [-0.39, 0.29) is 11.5 Å². The number of ether oxygens (including phenoxy) is 2. The van der Waals surface area contributed by atoms with Crippen molar-refractivity contribution in [3.05, 3.63) is 71.8 Å². The first kappa shape index (κ1) is 23.9. The van der Waals surface area contributed by atoms with Crippen molar-refractivity contribution in [3.8, 4) is 0 Å². The van der Waals surface area contributed by atoms with Crippen LogP contribution in [0.3, 0.4) is 0 Å². The highest BCUT2D eigenvalue weighted by molar-refractivity contribution is 5.84. The smallest absolute Gasteiger partial charge is 0.350 e.